The number of amides is 1. The molecule has 3 heterocycles. The summed E-state index contributed by atoms with van der Waals surface area (Å²) in [5.74, 6) is -0.0981. The first kappa shape index (κ1) is 19.6. The van der Waals surface area contributed by atoms with Gasteiger partial charge in [0.1, 0.15) is 5.02 Å². The average Bonchev–Trinajstić information content (AvgIpc) is 2.71. The molecule has 27 heavy (non-hydrogen) atoms. The quantitative estimate of drug-likeness (QED) is 0.825. The summed E-state index contributed by atoms with van der Waals surface area (Å²) in [4.78, 5) is 35.9. The summed E-state index contributed by atoms with van der Waals surface area (Å²) >= 11 is 5.93. The molecule has 1 aliphatic heterocycles. The Morgan fingerprint density at radius 1 is 1.37 bits per heavy atom. The molecule has 2 aromatic rings. The van der Waals surface area contributed by atoms with Crippen molar-refractivity contribution in [3.8, 4) is 0 Å². The molecule has 2 aromatic heterocycles. The van der Waals surface area contributed by atoms with Crippen LogP contribution in [0.5, 0.6) is 0 Å². The number of hydrogen-bond donors (Lipinski definition) is 1. The van der Waals surface area contributed by atoms with Crippen LogP contribution in [0, 0.1) is 0 Å². The first-order chi connectivity index (χ1) is 13.1. The molecule has 1 N–H and O–H groups in total. The van der Waals surface area contributed by atoms with Crippen molar-refractivity contribution < 1.29 is 4.79 Å². The summed E-state index contributed by atoms with van der Waals surface area (Å²) in [6.45, 7) is 5.75. The molecule has 0 aromatic carbocycles. The van der Waals surface area contributed by atoms with E-state index in [1.165, 1.54) is 12.3 Å². The molecular formula is C20H25ClN4O2. The van der Waals surface area contributed by atoms with Crippen molar-refractivity contribution in [1.29, 1.82) is 0 Å². The molecule has 0 aliphatic carbocycles. The normalized spacial score (nSPS) is 15.6. The van der Waals surface area contributed by atoms with Crippen molar-refractivity contribution in [3.63, 3.8) is 0 Å². The second kappa shape index (κ2) is 9.15. The molecule has 1 aliphatic rings. The third kappa shape index (κ3) is 4.96. The molecule has 0 unspecified atom stereocenters. The smallest absolute Gasteiger partial charge is 0.266 e. The molecule has 1 amide bonds. The Balaban J connectivity index is 1.78. The number of halogens is 1. The van der Waals surface area contributed by atoms with Crippen LogP contribution in [-0.2, 0) is 6.42 Å². The highest BCUT2D eigenvalue weighted by Crippen LogP contribution is 2.20. The number of nitrogens with zero attached hydrogens (tertiary/aromatic N) is 3. The average molecular weight is 389 g/mol. The van der Waals surface area contributed by atoms with Crippen molar-refractivity contribution >= 4 is 17.5 Å². The van der Waals surface area contributed by atoms with E-state index >= 15 is 0 Å². The highest BCUT2D eigenvalue weighted by atomic mass is 35.5. The second-order valence-electron chi connectivity index (χ2n) is 6.80. The number of hydrogen-bond acceptors (Lipinski definition) is 4. The standard InChI is InChI=1S/C20H25ClN4O2/c1-2-24-10-7-17(8-11-24)25(12-6-16-5-3-4-9-22-16)20(27)15-13-18(21)19(26)23-14-15/h3-5,9,13-14,17H,2,6-8,10-12H2,1H3,(H,23,26). The van der Waals surface area contributed by atoms with Gasteiger partial charge in [-0.2, -0.15) is 0 Å². The van der Waals surface area contributed by atoms with E-state index in [4.69, 9.17) is 11.6 Å². The molecule has 0 radical (unpaired) electrons. The summed E-state index contributed by atoms with van der Waals surface area (Å²) < 4.78 is 0. The summed E-state index contributed by atoms with van der Waals surface area (Å²) in [6.07, 6.45) is 5.80. The van der Waals surface area contributed by atoms with Crippen molar-refractivity contribution in [2.45, 2.75) is 32.2 Å². The van der Waals surface area contributed by atoms with E-state index in [0.717, 1.165) is 38.2 Å². The van der Waals surface area contributed by atoms with Gasteiger partial charge in [0.2, 0.25) is 0 Å². The number of aromatic nitrogens is 2. The van der Waals surface area contributed by atoms with Gasteiger partial charge in [0.15, 0.2) is 0 Å². The topological polar surface area (TPSA) is 69.3 Å². The maximum atomic E-state index is 13.2. The van der Waals surface area contributed by atoms with Gasteiger partial charge in [0.05, 0.1) is 5.56 Å². The molecule has 6 nitrogen and oxygen atoms in total. The molecule has 1 fully saturated rings. The predicted octanol–water partition coefficient (Wildman–Crippen LogP) is 2.59. The van der Waals surface area contributed by atoms with E-state index in [-0.39, 0.29) is 22.5 Å². The first-order valence-electron chi connectivity index (χ1n) is 9.40. The van der Waals surface area contributed by atoms with Crippen molar-refractivity contribution in [2.24, 2.45) is 0 Å². The number of rotatable bonds is 6. The van der Waals surface area contributed by atoms with Gasteiger partial charge in [-0.25, -0.2) is 0 Å². The zero-order chi connectivity index (χ0) is 19.2. The zero-order valence-corrected chi connectivity index (χ0v) is 16.3. The monoisotopic (exact) mass is 388 g/mol. The van der Waals surface area contributed by atoms with Gasteiger partial charge < -0.3 is 14.8 Å². The van der Waals surface area contributed by atoms with Gasteiger partial charge in [0, 0.05) is 50.2 Å². The first-order valence-corrected chi connectivity index (χ1v) is 9.77. The fraction of sp³-hybridized carbons (Fsp3) is 0.450. The highest BCUT2D eigenvalue weighted by molar-refractivity contribution is 6.30. The number of carbonyl (C=O) groups excluding carboxylic acids is 1. The molecule has 7 heteroatoms. The van der Waals surface area contributed by atoms with Crippen LogP contribution >= 0.6 is 11.6 Å². The lowest BCUT2D eigenvalue weighted by Crippen LogP contribution is -2.48. The van der Waals surface area contributed by atoms with Crippen LogP contribution in [0.25, 0.3) is 0 Å². The third-order valence-corrected chi connectivity index (χ3v) is 5.43. The number of likely N-dealkylation sites (tertiary alicyclic amines) is 1. The van der Waals surface area contributed by atoms with E-state index in [0.29, 0.717) is 18.5 Å². The van der Waals surface area contributed by atoms with E-state index < -0.39 is 0 Å². The summed E-state index contributed by atoms with van der Waals surface area (Å²) in [7, 11) is 0. The lowest BCUT2D eigenvalue weighted by molar-refractivity contribution is 0.0579. The Bertz CT molecular complexity index is 816. The van der Waals surface area contributed by atoms with Crippen LogP contribution in [0.15, 0.2) is 41.5 Å². The summed E-state index contributed by atoms with van der Waals surface area (Å²) in [5.41, 5.74) is 0.990. The van der Waals surface area contributed by atoms with Crippen LogP contribution in [-0.4, -0.2) is 57.9 Å². The van der Waals surface area contributed by atoms with Crippen molar-refractivity contribution in [3.05, 3.63) is 63.3 Å². The molecule has 144 valence electrons. The Kier molecular flexibility index (Phi) is 6.63. The lowest BCUT2D eigenvalue weighted by Gasteiger charge is -2.38. The predicted molar refractivity (Wildman–Crippen MR) is 106 cm³/mol. The fourth-order valence-electron chi connectivity index (χ4n) is 3.52. The zero-order valence-electron chi connectivity index (χ0n) is 15.5. The SMILES string of the molecule is CCN1CCC(N(CCc2ccccn2)C(=O)c2c[nH]c(=O)c(Cl)c2)CC1. The number of H-pyrrole nitrogens is 1. The molecule has 3 rings (SSSR count). The maximum Gasteiger partial charge on any atom is 0.266 e. The van der Waals surface area contributed by atoms with E-state index in [9.17, 15) is 9.59 Å². The van der Waals surface area contributed by atoms with Crippen molar-refractivity contribution in [2.75, 3.05) is 26.2 Å². The van der Waals surface area contributed by atoms with Crippen LogP contribution in [0.1, 0.15) is 35.8 Å². The minimum Gasteiger partial charge on any atom is -0.335 e. The number of carbonyl (C=O) groups is 1. The van der Waals surface area contributed by atoms with E-state index in [2.05, 4.69) is 21.8 Å². The van der Waals surface area contributed by atoms with E-state index in [1.54, 1.807) is 6.20 Å². The number of nitrogens with one attached hydrogen (secondary N) is 1. The van der Waals surface area contributed by atoms with Crippen LogP contribution in [0.3, 0.4) is 0 Å². The van der Waals surface area contributed by atoms with Gasteiger partial charge in [-0.3, -0.25) is 14.6 Å². The fourth-order valence-corrected chi connectivity index (χ4v) is 3.70. The van der Waals surface area contributed by atoms with Gasteiger partial charge in [0.25, 0.3) is 11.5 Å². The van der Waals surface area contributed by atoms with Gasteiger partial charge in [-0.1, -0.05) is 24.6 Å². The molecule has 1 saturated heterocycles. The van der Waals surface area contributed by atoms with Crippen LogP contribution in [0.2, 0.25) is 5.02 Å². The Morgan fingerprint density at radius 2 is 2.15 bits per heavy atom. The highest BCUT2D eigenvalue weighted by Gasteiger charge is 2.28. The second-order valence-corrected chi connectivity index (χ2v) is 7.21. The minimum atomic E-state index is -0.385. The number of piperidine rings is 1. The Morgan fingerprint density at radius 3 is 2.78 bits per heavy atom. The molecular weight excluding hydrogens is 364 g/mol. The maximum absolute atomic E-state index is 13.2. The van der Waals surface area contributed by atoms with Gasteiger partial charge >= 0.3 is 0 Å². The molecule has 0 bridgehead atoms. The van der Waals surface area contributed by atoms with Gasteiger partial charge in [-0.05, 0) is 37.6 Å². The summed E-state index contributed by atoms with van der Waals surface area (Å²) in [5, 5.41) is 0.0336. The third-order valence-electron chi connectivity index (χ3n) is 5.15. The van der Waals surface area contributed by atoms with E-state index in [1.807, 2.05) is 23.1 Å². The molecule has 0 saturated carbocycles. The van der Waals surface area contributed by atoms with Crippen LogP contribution in [0.4, 0.5) is 0 Å². The number of pyridine rings is 2. The van der Waals surface area contributed by atoms with Crippen LogP contribution < -0.4 is 5.56 Å². The Labute approximate surface area is 164 Å². The number of aromatic amines is 1. The molecule has 0 spiro atoms. The lowest BCUT2D eigenvalue weighted by atomic mass is 10.0. The molecule has 0 atom stereocenters. The largest absolute Gasteiger partial charge is 0.335 e. The summed E-state index contributed by atoms with van der Waals surface area (Å²) in [6, 6.07) is 7.44. The Hall–Kier alpha value is -2.18. The van der Waals surface area contributed by atoms with Gasteiger partial charge in [-0.15, -0.1) is 0 Å². The van der Waals surface area contributed by atoms with Crippen molar-refractivity contribution in [1.82, 2.24) is 19.8 Å². The minimum absolute atomic E-state index is 0.0336.